The van der Waals surface area contributed by atoms with Crippen LogP contribution in [0.1, 0.15) is 31.0 Å². The van der Waals surface area contributed by atoms with Gasteiger partial charge in [0.1, 0.15) is 5.82 Å². The standard InChI is InChI=1S/C15H25N3O/c1-4-13-8-12(10-16-2)9-15(17-13)18-7-5-6-14(11-18)19-3/h8-9,14,16H,4-7,10-11H2,1-3H3. The van der Waals surface area contributed by atoms with Gasteiger partial charge in [-0.05, 0) is 44.0 Å². The quantitative estimate of drug-likeness (QED) is 0.881. The summed E-state index contributed by atoms with van der Waals surface area (Å²) in [7, 11) is 3.78. The summed E-state index contributed by atoms with van der Waals surface area (Å²) in [5, 5.41) is 3.21. The van der Waals surface area contributed by atoms with Gasteiger partial charge in [0.15, 0.2) is 0 Å². The van der Waals surface area contributed by atoms with E-state index in [1.165, 1.54) is 17.7 Å². The molecule has 19 heavy (non-hydrogen) atoms. The van der Waals surface area contributed by atoms with Crippen LogP contribution in [0.4, 0.5) is 5.82 Å². The molecule has 1 unspecified atom stereocenters. The number of nitrogens with one attached hydrogen (secondary N) is 1. The van der Waals surface area contributed by atoms with Gasteiger partial charge in [0.25, 0.3) is 0 Å². The number of rotatable bonds is 5. The van der Waals surface area contributed by atoms with Crippen molar-refractivity contribution in [3.8, 4) is 0 Å². The van der Waals surface area contributed by atoms with Gasteiger partial charge in [0.2, 0.25) is 0 Å². The fourth-order valence-electron chi connectivity index (χ4n) is 2.62. The first kappa shape index (κ1) is 14.3. The molecule has 0 saturated carbocycles. The van der Waals surface area contributed by atoms with Crippen molar-refractivity contribution in [1.82, 2.24) is 10.3 Å². The van der Waals surface area contributed by atoms with Gasteiger partial charge in [-0.15, -0.1) is 0 Å². The van der Waals surface area contributed by atoms with E-state index in [9.17, 15) is 0 Å². The summed E-state index contributed by atoms with van der Waals surface area (Å²) in [6, 6.07) is 4.39. The molecule has 0 aliphatic carbocycles. The number of methoxy groups -OCH3 is 1. The number of hydrogen-bond acceptors (Lipinski definition) is 4. The smallest absolute Gasteiger partial charge is 0.129 e. The Hall–Kier alpha value is -1.13. The van der Waals surface area contributed by atoms with Crippen molar-refractivity contribution in [2.75, 3.05) is 32.1 Å². The monoisotopic (exact) mass is 263 g/mol. The lowest BCUT2D eigenvalue weighted by molar-refractivity contribution is 0.0891. The molecule has 1 N–H and O–H groups in total. The number of pyridine rings is 1. The van der Waals surface area contributed by atoms with Crippen molar-refractivity contribution in [2.24, 2.45) is 0 Å². The summed E-state index contributed by atoms with van der Waals surface area (Å²) in [6.45, 7) is 5.09. The number of hydrogen-bond donors (Lipinski definition) is 1. The van der Waals surface area contributed by atoms with E-state index >= 15 is 0 Å². The normalized spacial score (nSPS) is 19.7. The second kappa shape index (κ2) is 6.87. The number of anilines is 1. The van der Waals surface area contributed by atoms with E-state index in [-0.39, 0.29) is 0 Å². The third-order valence-corrected chi connectivity index (χ3v) is 3.70. The Morgan fingerprint density at radius 2 is 2.32 bits per heavy atom. The van der Waals surface area contributed by atoms with Crippen LogP contribution >= 0.6 is 0 Å². The largest absolute Gasteiger partial charge is 0.380 e. The third-order valence-electron chi connectivity index (χ3n) is 3.70. The van der Waals surface area contributed by atoms with E-state index in [0.717, 1.165) is 38.3 Å². The maximum absolute atomic E-state index is 5.50. The highest BCUT2D eigenvalue weighted by atomic mass is 16.5. The molecule has 0 radical (unpaired) electrons. The van der Waals surface area contributed by atoms with Crippen LogP contribution in [0.3, 0.4) is 0 Å². The van der Waals surface area contributed by atoms with Crippen LogP contribution in [0.25, 0.3) is 0 Å². The lowest BCUT2D eigenvalue weighted by Crippen LogP contribution is -2.39. The molecule has 2 rings (SSSR count). The van der Waals surface area contributed by atoms with Crippen molar-refractivity contribution < 1.29 is 4.74 Å². The lowest BCUT2D eigenvalue weighted by atomic mass is 10.1. The van der Waals surface area contributed by atoms with Crippen molar-refractivity contribution in [3.05, 3.63) is 23.4 Å². The number of nitrogens with zero attached hydrogens (tertiary/aromatic N) is 2. The Morgan fingerprint density at radius 3 is 3.00 bits per heavy atom. The summed E-state index contributed by atoms with van der Waals surface area (Å²) in [5.74, 6) is 1.10. The van der Waals surface area contributed by atoms with E-state index in [1.54, 1.807) is 7.11 Å². The van der Waals surface area contributed by atoms with Crippen molar-refractivity contribution in [3.63, 3.8) is 0 Å². The summed E-state index contributed by atoms with van der Waals surface area (Å²) in [4.78, 5) is 7.13. The zero-order chi connectivity index (χ0) is 13.7. The van der Waals surface area contributed by atoms with E-state index in [0.29, 0.717) is 6.10 Å². The van der Waals surface area contributed by atoms with Gasteiger partial charge in [0.05, 0.1) is 6.10 Å². The Kier molecular flexibility index (Phi) is 5.16. The number of piperidine rings is 1. The number of ether oxygens (including phenoxy) is 1. The first-order valence-corrected chi connectivity index (χ1v) is 7.19. The Bertz CT molecular complexity index is 408. The van der Waals surface area contributed by atoms with Gasteiger partial charge in [-0.1, -0.05) is 6.92 Å². The highest BCUT2D eigenvalue weighted by Gasteiger charge is 2.20. The molecule has 2 heterocycles. The first-order valence-electron chi connectivity index (χ1n) is 7.19. The van der Waals surface area contributed by atoms with Gasteiger partial charge in [0, 0.05) is 32.4 Å². The van der Waals surface area contributed by atoms with Gasteiger partial charge >= 0.3 is 0 Å². The highest BCUT2D eigenvalue weighted by Crippen LogP contribution is 2.21. The van der Waals surface area contributed by atoms with Crippen molar-refractivity contribution in [2.45, 2.75) is 38.8 Å². The molecule has 1 fully saturated rings. The second-order valence-corrected chi connectivity index (χ2v) is 5.15. The molecular weight excluding hydrogens is 238 g/mol. The summed E-state index contributed by atoms with van der Waals surface area (Å²) < 4.78 is 5.50. The number of aryl methyl sites for hydroxylation is 1. The molecule has 1 aromatic rings. The minimum atomic E-state index is 0.341. The van der Waals surface area contributed by atoms with E-state index in [1.807, 2.05) is 7.05 Å². The van der Waals surface area contributed by atoms with Crippen LogP contribution in [0.2, 0.25) is 0 Å². The molecule has 1 atom stereocenters. The van der Waals surface area contributed by atoms with Crippen molar-refractivity contribution >= 4 is 5.82 Å². The van der Waals surface area contributed by atoms with Crippen LogP contribution in [0, 0.1) is 0 Å². The molecule has 0 bridgehead atoms. The Morgan fingerprint density at radius 1 is 1.47 bits per heavy atom. The first-order chi connectivity index (χ1) is 9.26. The molecule has 1 aliphatic heterocycles. The van der Waals surface area contributed by atoms with Gasteiger partial charge in [-0.3, -0.25) is 0 Å². The molecule has 106 valence electrons. The average molecular weight is 263 g/mol. The molecule has 0 aromatic carbocycles. The molecule has 1 saturated heterocycles. The lowest BCUT2D eigenvalue weighted by Gasteiger charge is -2.33. The maximum Gasteiger partial charge on any atom is 0.129 e. The van der Waals surface area contributed by atoms with E-state index in [2.05, 4.69) is 29.3 Å². The minimum absolute atomic E-state index is 0.341. The summed E-state index contributed by atoms with van der Waals surface area (Å²) in [5.41, 5.74) is 2.48. The van der Waals surface area contributed by atoms with E-state index < -0.39 is 0 Å². The SMILES string of the molecule is CCc1cc(CNC)cc(N2CCCC(OC)C2)n1. The maximum atomic E-state index is 5.50. The summed E-state index contributed by atoms with van der Waals surface area (Å²) >= 11 is 0. The van der Waals surface area contributed by atoms with Gasteiger partial charge in [-0.25, -0.2) is 4.98 Å². The summed E-state index contributed by atoms with van der Waals surface area (Å²) in [6.07, 6.45) is 3.65. The van der Waals surface area contributed by atoms with Gasteiger partial charge < -0.3 is 15.0 Å². The highest BCUT2D eigenvalue weighted by molar-refractivity contribution is 5.43. The van der Waals surface area contributed by atoms with Crippen molar-refractivity contribution in [1.29, 1.82) is 0 Å². The fourth-order valence-corrected chi connectivity index (χ4v) is 2.62. The molecule has 4 heteroatoms. The molecule has 1 aliphatic rings. The molecule has 0 spiro atoms. The van der Waals surface area contributed by atoms with Crippen LogP contribution < -0.4 is 10.2 Å². The van der Waals surface area contributed by atoms with Crippen LogP contribution in [-0.4, -0.2) is 38.3 Å². The van der Waals surface area contributed by atoms with Crippen LogP contribution in [0.15, 0.2) is 12.1 Å². The topological polar surface area (TPSA) is 37.4 Å². The predicted molar refractivity (Wildman–Crippen MR) is 78.6 cm³/mol. The third kappa shape index (κ3) is 3.67. The molecular formula is C15H25N3O. The average Bonchev–Trinajstić information content (AvgIpc) is 2.47. The minimum Gasteiger partial charge on any atom is -0.380 e. The van der Waals surface area contributed by atoms with Crippen LogP contribution in [0.5, 0.6) is 0 Å². The van der Waals surface area contributed by atoms with E-state index in [4.69, 9.17) is 9.72 Å². The molecule has 4 nitrogen and oxygen atoms in total. The Labute approximate surface area is 116 Å². The van der Waals surface area contributed by atoms with Crippen LogP contribution in [-0.2, 0) is 17.7 Å². The second-order valence-electron chi connectivity index (χ2n) is 5.15. The molecule has 0 amide bonds. The molecule has 1 aromatic heterocycles. The zero-order valence-electron chi connectivity index (χ0n) is 12.3. The fraction of sp³-hybridized carbons (Fsp3) is 0.667. The Balaban J connectivity index is 2.19. The predicted octanol–water partition coefficient (Wildman–Crippen LogP) is 1.98. The zero-order valence-corrected chi connectivity index (χ0v) is 12.3. The number of aromatic nitrogens is 1. The van der Waals surface area contributed by atoms with Gasteiger partial charge in [-0.2, -0.15) is 0 Å².